The lowest BCUT2D eigenvalue weighted by Crippen LogP contribution is -2.23. The van der Waals surface area contributed by atoms with Crippen LogP contribution < -0.4 is 5.32 Å². The Labute approximate surface area is 102 Å². The summed E-state index contributed by atoms with van der Waals surface area (Å²) in [6.07, 6.45) is 1.38. The largest absolute Gasteiger partial charge is 0.311 e. The highest BCUT2D eigenvalue weighted by molar-refractivity contribution is 7.99. The van der Waals surface area contributed by atoms with E-state index in [-0.39, 0.29) is 0 Å². The topological polar surface area (TPSA) is 29.9 Å². The predicted molar refractivity (Wildman–Crippen MR) is 69.8 cm³/mol. The summed E-state index contributed by atoms with van der Waals surface area (Å²) in [4.78, 5) is 0. The van der Waals surface area contributed by atoms with E-state index in [1.54, 1.807) is 0 Å². The highest BCUT2D eigenvalue weighted by Crippen LogP contribution is 2.22. The molecule has 1 aromatic rings. The average molecular weight is 239 g/mol. The van der Waals surface area contributed by atoms with Gasteiger partial charge in [-0.15, -0.1) is 0 Å². The molecule has 1 aliphatic heterocycles. The second kappa shape index (κ2) is 5.73. The number of hydrogen-bond acceptors (Lipinski definition) is 3. The van der Waals surface area contributed by atoms with Crippen molar-refractivity contribution in [2.45, 2.75) is 33.4 Å². The third-order valence-electron chi connectivity index (χ3n) is 3.05. The van der Waals surface area contributed by atoms with Crippen molar-refractivity contribution in [2.75, 3.05) is 18.1 Å². The normalized spacial score (nSPS) is 20.5. The Balaban J connectivity index is 1.79. The van der Waals surface area contributed by atoms with E-state index in [1.165, 1.54) is 23.6 Å². The Morgan fingerprint density at radius 3 is 3.19 bits per heavy atom. The van der Waals surface area contributed by atoms with Crippen LogP contribution in [0.4, 0.5) is 0 Å². The number of hydrogen-bond donors (Lipinski definition) is 1. The highest BCUT2D eigenvalue weighted by Gasteiger charge is 2.14. The fraction of sp³-hybridized carbons (Fsp3) is 0.750. The van der Waals surface area contributed by atoms with Crippen LogP contribution in [0.15, 0.2) is 6.07 Å². The highest BCUT2D eigenvalue weighted by atomic mass is 32.2. The minimum atomic E-state index is 0.879. The average Bonchev–Trinajstić information content (AvgIpc) is 2.88. The Morgan fingerprint density at radius 1 is 1.62 bits per heavy atom. The summed E-state index contributed by atoms with van der Waals surface area (Å²) in [6, 6.07) is 2.18. The summed E-state index contributed by atoms with van der Waals surface area (Å²) in [5, 5.41) is 8.01. The van der Waals surface area contributed by atoms with Crippen molar-refractivity contribution >= 4 is 11.8 Å². The number of nitrogens with zero attached hydrogens (tertiary/aromatic N) is 2. The maximum absolute atomic E-state index is 4.45. The van der Waals surface area contributed by atoms with Crippen LogP contribution in [0.3, 0.4) is 0 Å². The van der Waals surface area contributed by atoms with Gasteiger partial charge in [0, 0.05) is 13.1 Å². The summed E-state index contributed by atoms with van der Waals surface area (Å²) in [6.45, 7) is 7.27. The number of aromatic nitrogens is 2. The first-order valence-corrected chi connectivity index (χ1v) is 7.27. The van der Waals surface area contributed by atoms with Crippen molar-refractivity contribution in [3.63, 3.8) is 0 Å². The second-order valence-electron chi connectivity index (χ2n) is 4.45. The minimum Gasteiger partial charge on any atom is -0.311 e. The predicted octanol–water partition coefficient (Wildman–Crippen LogP) is 2.05. The van der Waals surface area contributed by atoms with Crippen molar-refractivity contribution in [1.29, 1.82) is 0 Å². The van der Waals surface area contributed by atoms with Crippen LogP contribution >= 0.6 is 11.8 Å². The van der Waals surface area contributed by atoms with Crippen molar-refractivity contribution in [3.05, 3.63) is 17.5 Å². The van der Waals surface area contributed by atoms with Crippen LogP contribution in [-0.4, -0.2) is 27.8 Å². The Kier molecular flexibility index (Phi) is 4.29. The maximum atomic E-state index is 4.45. The van der Waals surface area contributed by atoms with Crippen LogP contribution in [0.5, 0.6) is 0 Å². The quantitative estimate of drug-likeness (QED) is 0.853. The first-order valence-electron chi connectivity index (χ1n) is 6.11. The number of rotatable bonds is 5. The molecule has 3 nitrogen and oxygen atoms in total. The SMILES string of the molecule is CCn1nc(C)cc1CNCC1CCSC1. The lowest BCUT2D eigenvalue weighted by Gasteiger charge is -2.10. The molecule has 1 aliphatic rings. The first-order chi connectivity index (χ1) is 7.79. The molecular formula is C12H21N3S. The summed E-state index contributed by atoms with van der Waals surface area (Å²) in [5.41, 5.74) is 2.43. The minimum absolute atomic E-state index is 0.879. The van der Waals surface area contributed by atoms with Crippen LogP contribution in [0.1, 0.15) is 24.7 Å². The van der Waals surface area contributed by atoms with Gasteiger partial charge in [-0.3, -0.25) is 4.68 Å². The maximum Gasteiger partial charge on any atom is 0.0597 e. The van der Waals surface area contributed by atoms with E-state index in [2.05, 4.69) is 46.8 Å². The van der Waals surface area contributed by atoms with Gasteiger partial charge in [0.15, 0.2) is 0 Å². The van der Waals surface area contributed by atoms with Crippen LogP contribution in [0.25, 0.3) is 0 Å². The van der Waals surface area contributed by atoms with Crippen LogP contribution in [-0.2, 0) is 13.1 Å². The third kappa shape index (κ3) is 3.01. The van der Waals surface area contributed by atoms with E-state index < -0.39 is 0 Å². The van der Waals surface area contributed by atoms with E-state index in [1.807, 2.05) is 0 Å². The van der Waals surface area contributed by atoms with E-state index in [4.69, 9.17) is 0 Å². The van der Waals surface area contributed by atoms with Gasteiger partial charge >= 0.3 is 0 Å². The molecule has 1 aromatic heterocycles. The number of aryl methyl sites for hydroxylation is 2. The molecule has 0 radical (unpaired) electrons. The number of thioether (sulfide) groups is 1. The molecule has 0 saturated carbocycles. The zero-order chi connectivity index (χ0) is 11.4. The second-order valence-corrected chi connectivity index (χ2v) is 5.60. The standard InChI is InChI=1S/C12H21N3S/c1-3-15-12(6-10(2)14-15)8-13-7-11-4-5-16-9-11/h6,11,13H,3-5,7-9H2,1-2H3. The van der Waals surface area contributed by atoms with Crippen molar-refractivity contribution < 1.29 is 0 Å². The van der Waals surface area contributed by atoms with Gasteiger partial charge in [-0.1, -0.05) is 0 Å². The molecule has 4 heteroatoms. The molecular weight excluding hydrogens is 218 g/mol. The van der Waals surface area contributed by atoms with Gasteiger partial charge in [0.05, 0.1) is 11.4 Å². The Morgan fingerprint density at radius 2 is 2.50 bits per heavy atom. The molecule has 0 bridgehead atoms. The van der Waals surface area contributed by atoms with Gasteiger partial charge in [0.25, 0.3) is 0 Å². The molecule has 0 spiro atoms. The molecule has 1 saturated heterocycles. The lowest BCUT2D eigenvalue weighted by molar-refractivity contribution is 0.505. The van der Waals surface area contributed by atoms with Gasteiger partial charge < -0.3 is 5.32 Å². The fourth-order valence-corrected chi connectivity index (χ4v) is 3.45. The lowest BCUT2D eigenvalue weighted by atomic mass is 10.1. The number of nitrogens with one attached hydrogen (secondary N) is 1. The van der Waals surface area contributed by atoms with Gasteiger partial charge in [0.2, 0.25) is 0 Å². The summed E-state index contributed by atoms with van der Waals surface area (Å²) in [5.74, 6) is 3.56. The van der Waals surface area contributed by atoms with E-state index in [0.717, 1.165) is 31.2 Å². The molecule has 1 unspecified atom stereocenters. The van der Waals surface area contributed by atoms with Crippen molar-refractivity contribution in [2.24, 2.45) is 5.92 Å². The van der Waals surface area contributed by atoms with Crippen molar-refractivity contribution in [3.8, 4) is 0 Å². The van der Waals surface area contributed by atoms with Gasteiger partial charge in [-0.25, -0.2) is 0 Å². The van der Waals surface area contributed by atoms with E-state index in [9.17, 15) is 0 Å². The molecule has 2 heterocycles. The molecule has 0 aromatic carbocycles. The molecule has 1 atom stereocenters. The van der Waals surface area contributed by atoms with E-state index >= 15 is 0 Å². The van der Waals surface area contributed by atoms with Gasteiger partial charge in [-0.05, 0) is 50.3 Å². The summed E-state index contributed by atoms with van der Waals surface area (Å²) >= 11 is 2.08. The van der Waals surface area contributed by atoms with Crippen molar-refractivity contribution in [1.82, 2.24) is 15.1 Å². The Hall–Kier alpha value is -0.480. The smallest absolute Gasteiger partial charge is 0.0597 e. The van der Waals surface area contributed by atoms with Gasteiger partial charge in [0.1, 0.15) is 0 Å². The Bertz CT molecular complexity index is 329. The monoisotopic (exact) mass is 239 g/mol. The molecule has 2 rings (SSSR count). The summed E-state index contributed by atoms with van der Waals surface area (Å²) in [7, 11) is 0. The third-order valence-corrected chi connectivity index (χ3v) is 4.28. The zero-order valence-corrected chi connectivity index (χ0v) is 11.0. The first kappa shape index (κ1) is 12.0. The molecule has 90 valence electrons. The van der Waals surface area contributed by atoms with Crippen LogP contribution in [0, 0.1) is 12.8 Å². The molecule has 0 aliphatic carbocycles. The van der Waals surface area contributed by atoms with Crippen LogP contribution in [0.2, 0.25) is 0 Å². The van der Waals surface area contributed by atoms with E-state index in [0.29, 0.717) is 0 Å². The molecule has 0 amide bonds. The molecule has 1 N–H and O–H groups in total. The molecule has 16 heavy (non-hydrogen) atoms. The molecule has 1 fully saturated rings. The summed E-state index contributed by atoms with van der Waals surface area (Å²) < 4.78 is 2.09. The fourth-order valence-electron chi connectivity index (χ4n) is 2.16. The zero-order valence-electron chi connectivity index (χ0n) is 10.2. The van der Waals surface area contributed by atoms with Gasteiger partial charge in [-0.2, -0.15) is 16.9 Å².